The number of carbonyl (C=O) groups is 1. The summed E-state index contributed by atoms with van der Waals surface area (Å²) in [6, 6.07) is 4.35. The molecule has 0 aliphatic heterocycles. The number of nitrogens with one attached hydrogen (secondary N) is 1. The summed E-state index contributed by atoms with van der Waals surface area (Å²) >= 11 is 0. The summed E-state index contributed by atoms with van der Waals surface area (Å²) < 4.78 is 57.8. The number of pyridine rings is 1. The van der Waals surface area contributed by atoms with Gasteiger partial charge >= 0.3 is 6.18 Å². The number of aromatic nitrogens is 1. The van der Waals surface area contributed by atoms with E-state index in [1.54, 1.807) is 0 Å². The van der Waals surface area contributed by atoms with Crippen LogP contribution in [0.15, 0.2) is 47.9 Å². The van der Waals surface area contributed by atoms with E-state index >= 15 is 0 Å². The molecular formula is C20H21F4N5O2. The van der Waals surface area contributed by atoms with Crippen molar-refractivity contribution in [1.82, 2.24) is 10.3 Å². The molecule has 0 bridgehead atoms. The highest BCUT2D eigenvalue weighted by Gasteiger charge is 2.32. The number of nitrogens with two attached hydrogens (primary N) is 2. The van der Waals surface area contributed by atoms with E-state index in [0.29, 0.717) is 36.4 Å². The molecule has 0 fully saturated rings. The van der Waals surface area contributed by atoms with E-state index in [4.69, 9.17) is 16.3 Å². The van der Waals surface area contributed by atoms with E-state index in [2.05, 4.69) is 10.3 Å². The van der Waals surface area contributed by atoms with Crippen LogP contribution >= 0.6 is 0 Å². The Balaban J connectivity index is 1.85. The van der Waals surface area contributed by atoms with Gasteiger partial charge in [-0.2, -0.15) is 13.2 Å². The van der Waals surface area contributed by atoms with Gasteiger partial charge in [-0.3, -0.25) is 9.80 Å². The van der Waals surface area contributed by atoms with E-state index in [-0.39, 0.29) is 29.3 Å². The van der Waals surface area contributed by atoms with E-state index in [9.17, 15) is 22.4 Å². The predicted octanol–water partition coefficient (Wildman–Crippen LogP) is 3.57. The summed E-state index contributed by atoms with van der Waals surface area (Å²) in [5, 5.41) is 4.00. The molecule has 5 N–H and O–H groups in total. The van der Waals surface area contributed by atoms with Crippen LogP contribution < -0.4 is 26.6 Å². The Morgan fingerprint density at radius 3 is 2.68 bits per heavy atom. The van der Waals surface area contributed by atoms with Gasteiger partial charge < -0.3 is 15.8 Å². The average Bonchev–Trinajstić information content (AvgIpc) is 2.68. The molecule has 0 radical (unpaired) electrons. The molecule has 1 aromatic carbocycles. The van der Waals surface area contributed by atoms with Gasteiger partial charge in [0.2, 0.25) is 5.91 Å². The first-order chi connectivity index (χ1) is 14.5. The van der Waals surface area contributed by atoms with Gasteiger partial charge in [0.1, 0.15) is 17.3 Å². The van der Waals surface area contributed by atoms with Gasteiger partial charge in [0, 0.05) is 25.3 Å². The number of hydrazine groups is 1. The molecule has 7 nitrogen and oxygen atoms in total. The van der Waals surface area contributed by atoms with Crippen molar-refractivity contribution >= 4 is 11.7 Å². The number of halogens is 4. The van der Waals surface area contributed by atoms with E-state index in [1.807, 2.05) is 0 Å². The minimum absolute atomic E-state index is 0.104. The summed E-state index contributed by atoms with van der Waals surface area (Å²) in [4.78, 5) is 15.5. The lowest BCUT2D eigenvalue weighted by Crippen LogP contribution is -2.44. The number of rotatable bonds is 5. The van der Waals surface area contributed by atoms with Crippen molar-refractivity contribution in [3.63, 3.8) is 0 Å². The van der Waals surface area contributed by atoms with Gasteiger partial charge in [-0.25, -0.2) is 15.2 Å². The highest BCUT2D eigenvalue weighted by atomic mass is 19.4. The van der Waals surface area contributed by atoms with Crippen molar-refractivity contribution < 1.29 is 27.1 Å². The van der Waals surface area contributed by atoms with Gasteiger partial charge in [-0.1, -0.05) is 0 Å². The summed E-state index contributed by atoms with van der Waals surface area (Å²) in [7, 11) is 0. The Morgan fingerprint density at radius 2 is 2.00 bits per heavy atom. The molecule has 1 unspecified atom stereocenters. The zero-order valence-corrected chi connectivity index (χ0v) is 16.5. The summed E-state index contributed by atoms with van der Waals surface area (Å²) in [6.07, 6.45) is -1.43. The number of ether oxygens (including phenoxy) is 1. The molecule has 3 rings (SSSR count). The van der Waals surface area contributed by atoms with Crippen LogP contribution in [-0.2, 0) is 11.0 Å². The molecule has 1 amide bonds. The Labute approximate surface area is 175 Å². The molecule has 1 aliphatic carbocycles. The minimum atomic E-state index is -4.72. The van der Waals surface area contributed by atoms with Gasteiger partial charge in [-0.05, 0) is 37.5 Å². The fraction of sp³-hybridized carbons (Fsp3) is 0.300. The Morgan fingerprint density at radius 1 is 1.26 bits per heavy atom. The quantitative estimate of drug-likeness (QED) is 0.374. The number of hydrogen-bond donors (Lipinski definition) is 3. The number of hydrogen-bond acceptors (Lipinski definition) is 6. The maximum atomic E-state index is 13.6. The van der Waals surface area contributed by atoms with Crippen LogP contribution in [0.25, 0.3) is 0 Å². The van der Waals surface area contributed by atoms with E-state index in [1.165, 1.54) is 30.3 Å². The number of amides is 1. The predicted molar refractivity (Wildman–Crippen MR) is 105 cm³/mol. The smallest absolute Gasteiger partial charge is 0.416 e. The van der Waals surface area contributed by atoms with Crippen molar-refractivity contribution in [3.05, 3.63) is 59.3 Å². The molecule has 0 saturated heterocycles. The molecule has 31 heavy (non-hydrogen) atoms. The van der Waals surface area contributed by atoms with Crippen molar-refractivity contribution in [2.24, 2.45) is 11.6 Å². The summed E-state index contributed by atoms with van der Waals surface area (Å²) in [5.41, 5.74) is 5.97. The molecular weight excluding hydrogens is 418 g/mol. The van der Waals surface area contributed by atoms with Crippen molar-refractivity contribution in [2.45, 2.75) is 38.4 Å². The van der Waals surface area contributed by atoms with Gasteiger partial charge in [0.05, 0.1) is 23.0 Å². The second-order valence-corrected chi connectivity index (χ2v) is 7.04. The molecule has 1 aromatic heterocycles. The average molecular weight is 439 g/mol. The van der Waals surface area contributed by atoms with Gasteiger partial charge in [0.15, 0.2) is 5.82 Å². The lowest BCUT2D eigenvalue weighted by Gasteiger charge is -2.31. The Bertz CT molecular complexity index is 1010. The van der Waals surface area contributed by atoms with Crippen molar-refractivity contribution in [1.29, 1.82) is 0 Å². The number of alkyl halides is 3. The first-order valence-electron chi connectivity index (χ1n) is 9.36. The standard InChI is InChI=1S/C20H21F4N5O2/c1-11(30)28-16-3-2-4-17(19(16)25)29(26)18-10-14(5-6-27-18)31-15-8-12(20(22,23)24)7-13(21)9-15/h5-10,16H,2-4,25-26H2,1H3,(H,28,30). The third-order valence-electron chi connectivity index (χ3n) is 4.68. The second kappa shape index (κ2) is 8.80. The molecule has 1 atom stereocenters. The largest absolute Gasteiger partial charge is 0.457 e. The van der Waals surface area contributed by atoms with Crippen molar-refractivity contribution in [2.75, 3.05) is 5.01 Å². The van der Waals surface area contributed by atoms with Crippen LogP contribution in [0.2, 0.25) is 0 Å². The van der Waals surface area contributed by atoms with E-state index < -0.39 is 17.6 Å². The fourth-order valence-corrected chi connectivity index (χ4v) is 3.28. The van der Waals surface area contributed by atoms with Gasteiger partial charge in [-0.15, -0.1) is 0 Å². The van der Waals surface area contributed by atoms with Crippen LogP contribution in [0.3, 0.4) is 0 Å². The van der Waals surface area contributed by atoms with Crippen LogP contribution in [0.5, 0.6) is 11.5 Å². The third-order valence-corrected chi connectivity index (χ3v) is 4.68. The van der Waals surface area contributed by atoms with Crippen LogP contribution in [0.1, 0.15) is 31.7 Å². The van der Waals surface area contributed by atoms with Crippen molar-refractivity contribution in [3.8, 4) is 11.5 Å². The SMILES string of the molecule is CC(=O)NC1CCCC(N(N)c2cc(Oc3cc(F)cc(C(F)(F)F)c3)ccn2)=C1N. The molecule has 2 aromatic rings. The maximum absolute atomic E-state index is 13.6. The molecule has 1 aliphatic rings. The minimum Gasteiger partial charge on any atom is -0.457 e. The first kappa shape index (κ1) is 22.3. The highest BCUT2D eigenvalue weighted by molar-refractivity contribution is 5.73. The monoisotopic (exact) mass is 439 g/mol. The number of carbonyl (C=O) groups excluding carboxylic acids is 1. The van der Waals surface area contributed by atoms with Crippen LogP contribution in [0.4, 0.5) is 23.4 Å². The molecule has 166 valence electrons. The zero-order valence-electron chi connectivity index (χ0n) is 16.5. The third kappa shape index (κ3) is 5.43. The molecule has 0 spiro atoms. The number of anilines is 1. The second-order valence-electron chi connectivity index (χ2n) is 7.04. The lowest BCUT2D eigenvalue weighted by molar-refractivity contribution is -0.137. The molecule has 11 heteroatoms. The topological polar surface area (TPSA) is 106 Å². The Kier molecular flexibility index (Phi) is 6.34. The maximum Gasteiger partial charge on any atom is 0.416 e. The normalized spacial score (nSPS) is 16.8. The fourth-order valence-electron chi connectivity index (χ4n) is 3.28. The number of allylic oxidation sites excluding steroid dienone is 1. The van der Waals surface area contributed by atoms with Crippen LogP contribution in [-0.4, -0.2) is 16.9 Å². The zero-order chi connectivity index (χ0) is 22.8. The van der Waals surface area contributed by atoms with E-state index in [0.717, 1.165) is 12.5 Å². The van der Waals surface area contributed by atoms with Gasteiger partial charge in [0.25, 0.3) is 0 Å². The highest BCUT2D eigenvalue weighted by Crippen LogP contribution is 2.34. The number of benzene rings is 1. The molecule has 1 heterocycles. The Hall–Kier alpha value is -3.34. The van der Waals surface area contributed by atoms with Crippen LogP contribution in [0, 0.1) is 5.82 Å². The first-order valence-corrected chi connectivity index (χ1v) is 9.36. The summed E-state index contributed by atoms with van der Waals surface area (Å²) in [5.74, 6) is 4.87. The lowest BCUT2D eigenvalue weighted by atomic mass is 9.96. The molecule has 0 saturated carbocycles. The summed E-state index contributed by atoms with van der Waals surface area (Å²) in [6.45, 7) is 1.39. The number of nitrogens with zero attached hydrogens (tertiary/aromatic N) is 2.